The smallest absolute Gasteiger partial charge is 0.255 e. The van der Waals surface area contributed by atoms with E-state index in [1.165, 1.54) is 36.7 Å². The van der Waals surface area contributed by atoms with E-state index < -0.39 is 12.1 Å². The highest BCUT2D eigenvalue weighted by Crippen LogP contribution is 2.41. The second kappa shape index (κ2) is 9.25. The van der Waals surface area contributed by atoms with Gasteiger partial charge in [-0.1, -0.05) is 41.4 Å². The van der Waals surface area contributed by atoms with Crippen molar-refractivity contribution in [3.63, 3.8) is 0 Å². The molecule has 0 saturated heterocycles. The van der Waals surface area contributed by atoms with E-state index in [2.05, 4.69) is 16.4 Å². The Bertz CT molecular complexity index is 1120. The van der Waals surface area contributed by atoms with Crippen molar-refractivity contribution in [1.29, 1.82) is 0 Å². The minimum atomic E-state index is -1.48. The quantitative estimate of drug-likeness (QED) is 0.423. The molecule has 4 rings (SSSR count). The monoisotopic (exact) mass is 458 g/mol. The fraction of sp³-hybridized carbons (Fsp3) is 0.250. The van der Waals surface area contributed by atoms with Crippen molar-refractivity contribution in [2.75, 3.05) is 6.54 Å². The Morgan fingerprint density at radius 3 is 2.77 bits per heavy atom. The first kappa shape index (κ1) is 21.6. The molecule has 3 aromatic rings. The third-order valence-corrected chi connectivity index (χ3v) is 5.69. The van der Waals surface area contributed by atoms with Gasteiger partial charge in [0.25, 0.3) is 5.91 Å². The van der Waals surface area contributed by atoms with Crippen molar-refractivity contribution in [3.05, 3.63) is 87.2 Å². The summed E-state index contributed by atoms with van der Waals surface area (Å²) in [6, 6.07) is 14.0. The molecule has 160 valence electrons. The van der Waals surface area contributed by atoms with Gasteiger partial charge in [-0.2, -0.15) is 0 Å². The molecule has 1 aliphatic rings. The Hall–Kier alpha value is -2.63. The Morgan fingerprint density at radius 1 is 1.23 bits per heavy atom. The number of carbonyl (C=O) groups is 1. The summed E-state index contributed by atoms with van der Waals surface area (Å²) in [6.07, 6.45) is 2.41. The number of nitrogens with one attached hydrogen (secondary N) is 1. The molecule has 4 nitrogen and oxygen atoms in total. The number of pyridine rings is 1. The molecule has 1 heterocycles. The van der Waals surface area contributed by atoms with Gasteiger partial charge in [-0.25, -0.2) is 4.39 Å². The number of carbonyl (C=O) groups excluding carboxylic acids is 1. The summed E-state index contributed by atoms with van der Waals surface area (Å²) >= 11 is 11.9. The van der Waals surface area contributed by atoms with Crippen LogP contribution in [0, 0.1) is 6.92 Å². The van der Waals surface area contributed by atoms with E-state index in [-0.39, 0.29) is 17.1 Å². The first-order valence-corrected chi connectivity index (χ1v) is 10.8. The van der Waals surface area contributed by atoms with Gasteiger partial charge < -0.3 is 10.1 Å². The average Bonchev–Trinajstić information content (AvgIpc) is 3.59. The molecule has 1 amide bonds. The zero-order valence-electron chi connectivity index (χ0n) is 16.9. The number of benzene rings is 2. The standard InChI is InChI=1S/C24H21Cl2FN2O2/c1-14-9-20(24(30)29-12-22(27)19-8-7-17(25)11-21(19)26)23(13-28-14)31-18-4-2-3-16(10-18)15-5-6-15/h2-4,7-11,13,15,22H,5-6,12H2,1H3,(H,29,30)/t22-/m1/s1. The predicted octanol–water partition coefficient (Wildman–Crippen LogP) is 6.81. The molecule has 1 atom stereocenters. The van der Waals surface area contributed by atoms with Gasteiger partial charge >= 0.3 is 0 Å². The number of hydrogen-bond acceptors (Lipinski definition) is 3. The summed E-state index contributed by atoms with van der Waals surface area (Å²) in [5.74, 6) is 1.09. The molecule has 0 radical (unpaired) electrons. The van der Waals surface area contributed by atoms with Crippen LogP contribution in [-0.4, -0.2) is 17.4 Å². The molecule has 0 spiro atoms. The minimum Gasteiger partial charge on any atom is -0.455 e. The van der Waals surface area contributed by atoms with Crippen LogP contribution in [0.4, 0.5) is 4.39 Å². The molecule has 0 bridgehead atoms. The van der Waals surface area contributed by atoms with Crippen molar-refractivity contribution in [2.24, 2.45) is 0 Å². The maximum atomic E-state index is 14.7. The van der Waals surface area contributed by atoms with Gasteiger partial charge in [0.05, 0.1) is 18.3 Å². The van der Waals surface area contributed by atoms with Crippen LogP contribution in [0.1, 0.15) is 52.1 Å². The van der Waals surface area contributed by atoms with Crippen molar-refractivity contribution >= 4 is 29.1 Å². The van der Waals surface area contributed by atoms with Gasteiger partial charge in [0.15, 0.2) is 5.75 Å². The number of alkyl halides is 1. The average molecular weight is 459 g/mol. The summed E-state index contributed by atoms with van der Waals surface area (Å²) in [4.78, 5) is 17.1. The van der Waals surface area contributed by atoms with Crippen LogP contribution in [0.5, 0.6) is 11.5 Å². The highest BCUT2D eigenvalue weighted by Gasteiger charge is 2.24. The Morgan fingerprint density at radius 2 is 2.03 bits per heavy atom. The number of nitrogens with zero attached hydrogens (tertiary/aromatic N) is 1. The first-order chi connectivity index (χ1) is 14.9. The third-order valence-electron chi connectivity index (χ3n) is 5.13. The lowest BCUT2D eigenvalue weighted by atomic mass is 10.1. The normalized spacial score (nSPS) is 14.2. The van der Waals surface area contributed by atoms with Crippen molar-refractivity contribution in [3.8, 4) is 11.5 Å². The SMILES string of the molecule is Cc1cc(C(=O)NC[C@@H](F)c2ccc(Cl)cc2Cl)c(Oc2cccc(C3CC3)c2)cn1. The van der Waals surface area contributed by atoms with E-state index >= 15 is 0 Å². The second-order valence-electron chi connectivity index (χ2n) is 7.61. The number of halogens is 3. The first-order valence-electron chi connectivity index (χ1n) is 10.0. The van der Waals surface area contributed by atoms with E-state index in [4.69, 9.17) is 27.9 Å². The summed E-state index contributed by atoms with van der Waals surface area (Å²) < 4.78 is 20.6. The molecule has 7 heteroatoms. The Kier molecular flexibility index (Phi) is 6.44. The van der Waals surface area contributed by atoms with E-state index in [1.807, 2.05) is 18.2 Å². The lowest BCUT2D eigenvalue weighted by Gasteiger charge is -2.15. The van der Waals surface area contributed by atoms with Gasteiger partial charge in [-0.3, -0.25) is 9.78 Å². The maximum absolute atomic E-state index is 14.7. The van der Waals surface area contributed by atoms with Crippen molar-refractivity contribution < 1.29 is 13.9 Å². The van der Waals surface area contributed by atoms with Crippen LogP contribution in [0.25, 0.3) is 0 Å². The number of rotatable bonds is 7. The fourth-order valence-electron chi connectivity index (χ4n) is 3.32. The largest absolute Gasteiger partial charge is 0.455 e. The van der Waals surface area contributed by atoms with Gasteiger partial charge in [0.1, 0.15) is 11.9 Å². The van der Waals surface area contributed by atoms with Crippen molar-refractivity contribution in [1.82, 2.24) is 10.3 Å². The van der Waals surface area contributed by atoms with Crippen molar-refractivity contribution in [2.45, 2.75) is 31.9 Å². The predicted molar refractivity (Wildman–Crippen MR) is 120 cm³/mol. The molecule has 0 unspecified atom stereocenters. The van der Waals surface area contributed by atoms with Gasteiger partial charge in [-0.05, 0) is 61.6 Å². The number of hydrogen-bond donors (Lipinski definition) is 1. The topological polar surface area (TPSA) is 51.2 Å². The van der Waals surface area contributed by atoms with Crippen LogP contribution in [0.15, 0.2) is 54.7 Å². The maximum Gasteiger partial charge on any atom is 0.255 e. The zero-order valence-corrected chi connectivity index (χ0v) is 18.4. The second-order valence-corrected chi connectivity index (χ2v) is 8.46. The molecule has 0 aliphatic heterocycles. The lowest BCUT2D eigenvalue weighted by Crippen LogP contribution is -2.27. The molecule has 31 heavy (non-hydrogen) atoms. The summed E-state index contributed by atoms with van der Waals surface area (Å²) in [5, 5.41) is 3.26. The van der Waals surface area contributed by atoms with Crippen LogP contribution in [0.3, 0.4) is 0 Å². The number of amides is 1. The van der Waals surface area contributed by atoms with E-state index in [0.717, 1.165) is 0 Å². The molecule has 1 aliphatic carbocycles. The van der Waals surface area contributed by atoms with E-state index in [9.17, 15) is 9.18 Å². The van der Waals surface area contributed by atoms with Gasteiger partial charge in [-0.15, -0.1) is 0 Å². The third kappa shape index (κ3) is 5.35. The summed E-state index contributed by atoms with van der Waals surface area (Å²) in [5.41, 5.74) is 2.44. The highest BCUT2D eigenvalue weighted by molar-refractivity contribution is 6.35. The van der Waals surface area contributed by atoms with E-state index in [0.29, 0.717) is 33.7 Å². The molecule has 1 saturated carbocycles. The van der Waals surface area contributed by atoms with Crippen LogP contribution in [-0.2, 0) is 0 Å². The number of aryl methyl sites for hydroxylation is 1. The molecule has 2 aromatic carbocycles. The van der Waals surface area contributed by atoms with E-state index in [1.54, 1.807) is 19.1 Å². The Balaban J connectivity index is 1.48. The zero-order chi connectivity index (χ0) is 22.0. The number of ether oxygens (including phenoxy) is 1. The minimum absolute atomic E-state index is 0.216. The van der Waals surface area contributed by atoms with Crippen LogP contribution >= 0.6 is 23.2 Å². The summed E-state index contributed by atoms with van der Waals surface area (Å²) in [6.45, 7) is 1.54. The van der Waals surface area contributed by atoms with Gasteiger partial charge in [0.2, 0.25) is 0 Å². The molecular weight excluding hydrogens is 438 g/mol. The van der Waals surface area contributed by atoms with Crippen LogP contribution < -0.4 is 10.1 Å². The van der Waals surface area contributed by atoms with Crippen LogP contribution in [0.2, 0.25) is 10.0 Å². The Labute approximate surface area is 190 Å². The highest BCUT2D eigenvalue weighted by atomic mass is 35.5. The summed E-state index contributed by atoms with van der Waals surface area (Å²) in [7, 11) is 0. The number of aromatic nitrogens is 1. The molecule has 1 fully saturated rings. The lowest BCUT2D eigenvalue weighted by molar-refractivity contribution is 0.0939. The molecule has 1 N–H and O–H groups in total. The molecular formula is C24H21Cl2FN2O2. The molecule has 1 aromatic heterocycles. The fourth-order valence-corrected chi connectivity index (χ4v) is 3.85. The van der Waals surface area contributed by atoms with Gasteiger partial charge in [0, 0.05) is 21.3 Å².